The summed E-state index contributed by atoms with van der Waals surface area (Å²) in [6, 6.07) is 4.31. The van der Waals surface area contributed by atoms with Crippen LogP contribution in [0.15, 0.2) is 12.1 Å². The summed E-state index contributed by atoms with van der Waals surface area (Å²) < 4.78 is 0. The molecule has 0 saturated carbocycles. The van der Waals surface area contributed by atoms with Crippen molar-refractivity contribution in [2.24, 2.45) is 0 Å². The minimum absolute atomic E-state index is 0.258. The summed E-state index contributed by atoms with van der Waals surface area (Å²) >= 11 is 5.60. The second-order valence-corrected chi connectivity index (χ2v) is 4.82. The number of hydrogen-bond acceptors (Lipinski definition) is 3. The zero-order valence-corrected chi connectivity index (χ0v) is 10.8. The van der Waals surface area contributed by atoms with Gasteiger partial charge in [-0.05, 0) is 30.9 Å². The molecule has 3 N–H and O–H groups in total. The summed E-state index contributed by atoms with van der Waals surface area (Å²) in [5.74, 6) is 0.258. The monoisotopic (exact) mass is 254 g/mol. The number of nitrogens with one attached hydrogen (secondary N) is 2. The van der Waals surface area contributed by atoms with Gasteiger partial charge in [0, 0.05) is 13.1 Å². The Kier molecular flexibility index (Phi) is 4.13. The van der Waals surface area contributed by atoms with Gasteiger partial charge in [-0.1, -0.05) is 12.1 Å². The van der Waals surface area contributed by atoms with Gasteiger partial charge in [0.1, 0.15) is 0 Å². The molecule has 0 saturated heterocycles. The van der Waals surface area contributed by atoms with E-state index >= 15 is 0 Å². The Bertz CT molecular complexity index is 395. The number of anilines is 2. The maximum Gasteiger partial charge on any atom is 0.0847 e. The average Bonchev–Trinajstić information content (AvgIpc) is 2.37. The van der Waals surface area contributed by atoms with E-state index in [0.29, 0.717) is 6.54 Å². The van der Waals surface area contributed by atoms with Crippen molar-refractivity contribution in [3.63, 3.8) is 0 Å². The van der Waals surface area contributed by atoms with Crippen LogP contribution in [0.25, 0.3) is 0 Å². The fraction of sp³-hybridized carbons (Fsp3) is 0.538. The van der Waals surface area contributed by atoms with Crippen molar-refractivity contribution < 1.29 is 5.11 Å². The van der Waals surface area contributed by atoms with E-state index in [1.165, 1.54) is 23.2 Å². The van der Waals surface area contributed by atoms with Gasteiger partial charge in [-0.15, -0.1) is 11.6 Å². The Hall–Kier alpha value is -0.930. The van der Waals surface area contributed by atoms with Crippen molar-refractivity contribution in [3.8, 4) is 0 Å². The number of halogens is 1. The molecule has 0 radical (unpaired) electrons. The van der Waals surface area contributed by atoms with Crippen LogP contribution in [0.5, 0.6) is 0 Å². The lowest BCUT2D eigenvalue weighted by Gasteiger charge is -2.24. The van der Waals surface area contributed by atoms with Gasteiger partial charge in [-0.25, -0.2) is 0 Å². The number of aliphatic hydroxyl groups excluding tert-OH is 1. The summed E-state index contributed by atoms with van der Waals surface area (Å²) in [6.07, 6.45) is 1.80. The van der Waals surface area contributed by atoms with Crippen LogP contribution in [0.3, 0.4) is 0 Å². The van der Waals surface area contributed by atoms with Gasteiger partial charge in [0.05, 0.1) is 23.4 Å². The van der Waals surface area contributed by atoms with E-state index in [0.717, 1.165) is 18.7 Å². The van der Waals surface area contributed by atoms with Gasteiger partial charge in [0.15, 0.2) is 0 Å². The van der Waals surface area contributed by atoms with E-state index in [9.17, 15) is 5.11 Å². The molecule has 4 heteroatoms. The SMILES string of the molecule is Cc1ccc2c(c1NCC(O)CCl)NCCC2. The van der Waals surface area contributed by atoms with Crippen LogP contribution in [-0.4, -0.2) is 30.2 Å². The molecule has 94 valence electrons. The molecule has 0 aliphatic carbocycles. The van der Waals surface area contributed by atoms with E-state index in [1.807, 2.05) is 0 Å². The highest BCUT2D eigenvalue weighted by Crippen LogP contribution is 2.33. The summed E-state index contributed by atoms with van der Waals surface area (Å²) in [5, 5.41) is 16.2. The lowest BCUT2D eigenvalue weighted by atomic mass is 9.99. The lowest BCUT2D eigenvalue weighted by Crippen LogP contribution is -2.23. The lowest BCUT2D eigenvalue weighted by molar-refractivity contribution is 0.211. The number of benzene rings is 1. The largest absolute Gasteiger partial charge is 0.390 e. The topological polar surface area (TPSA) is 44.3 Å². The van der Waals surface area contributed by atoms with Gasteiger partial charge in [-0.2, -0.15) is 0 Å². The Morgan fingerprint density at radius 1 is 1.53 bits per heavy atom. The first-order chi connectivity index (χ1) is 8.22. The van der Waals surface area contributed by atoms with Crippen molar-refractivity contribution in [2.45, 2.75) is 25.9 Å². The molecule has 0 fully saturated rings. The molecule has 0 aromatic heterocycles. The molecule has 0 amide bonds. The first kappa shape index (κ1) is 12.5. The molecule has 17 heavy (non-hydrogen) atoms. The highest BCUT2D eigenvalue weighted by atomic mass is 35.5. The van der Waals surface area contributed by atoms with Crippen LogP contribution < -0.4 is 10.6 Å². The van der Waals surface area contributed by atoms with Crippen LogP contribution >= 0.6 is 11.6 Å². The van der Waals surface area contributed by atoms with Crippen LogP contribution in [0, 0.1) is 6.92 Å². The molecule has 1 heterocycles. The molecular weight excluding hydrogens is 236 g/mol. The smallest absolute Gasteiger partial charge is 0.0847 e. The molecule has 0 spiro atoms. The van der Waals surface area contributed by atoms with E-state index in [2.05, 4.69) is 29.7 Å². The molecule has 1 aliphatic heterocycles. The molecule has 1 unspecified atom stereocenters. The van der Waals surface area contributed by atoms with Gasteiger partial charge in [0.25, 0.3) is 0 Å². The quantitative estimate of drug-likeness (QED) is 0.723. The first-order valence-corrected chi connectivity index (χ1v) is 6.60. The van der Waals surface area contributed by atoms with Crippen LogP contribution in [0.2, 0.25) is 0 Å². The minimum atomic E-state index is -0.504. The van der Waals surface area contributed by atoms with Crippen molar-refractivity contribution in [2.75, 3.05) is 29.6 Å². The Labute approximate surface area is 107 Å². The molecule has 0 bridgehead atoms. The molecule has 2 rings (SSSR count). The number of alkyl halides is 1. The fourth-order valence-electron chi connectivity index (χ4n) is 2.15. The zero-order chi connectivity index (χ0) is 12.3. The zero-order valence-electron chi connectivity index (χ0n) is 10.1. The van der Waals surface area contributed by atoms with Gasteiger partial charge in [-0.3, -0.25) is 0 Å². The second kappa shape index (κ2) is 5.61. The van der Waals surface area contributed by atoms with Gasteiger partial charge >= 0.3 is 0 Å². The number of fused-ring (bicyclic) bond motifs is 1. The first-order valence-electron chi connectivity index (χ1n) is 6.06. The fourth-order valence-corrected chi connectivity index (χ4v) is 2.26. The van der Waals surface area contributed by atoms with Crippen LogP contribution in [0.1, 0.15) is 17.5 Å². The van der Waals surface area contributed by atoms with E-state index in [4.69, 9.17) is 11.6 Å². The molecule has 1 aromatic carbocycles. The highest BCUT2D eigenvalue weighted by molar-refractivity contribution is 6.18. The predicted octanol–water partition coefficient (Wildman–Crippen LogP) is 2.36. The second-order valence-electron chi connectivity index (χ2n) is 4.51. The van der Waals surface area contributed by atoms with E-state index < -0.39 is 6.10 Å². The number of aliphatic hydroxyl groups is 1. The maximum absolute atomic E-state index is 9.50. The molecule has 1 aliphatic rings. The average molecular weight is 255 g/mol. The summed E-state index contributed by atoms with van der Waals surface area (Å²) in [7, 11) is 0. The molecule has 3 nitrogen and oxygen atoms in total. The third kappa shape index (κ3) is 2.85. The maximum atomic E-state index is 9.50. The molecular formula is C13H19ClN2O. The van der Waals surface area contributed by atoms with Gasteiger partial charge < -0.3 is 15.7 Å². The van der Waals surface area contributed by atoms with Crippen molar-refractivity contribution in [3.05, 3.63) is 23.3 Å². The number of aryl methyl sites for hydroxylation is 2. The van der Waals surface area contributed by atoms with Crippen molar-refractivity contribution >= 4 is 23.0 Å². The third-order valence-corrected chi connectivity index (χ3v) is 3.47. The third-order valence-electron chi connectivity index (χ3n) is 3.12. The van der Waals surface area contributed by atoms with Crippen LogP contribution in [0.4, 0.5) is 11.4 Å². The normalized spacial score (nSPS) is 15.9. The predicted molar refractivity (Wildman–Crippen MR) is 73.2 cm³/mol. The molecule has 1 aromatic rings. The van der Waals surface area contributed by atoms with Crippen molar-refractivity contribution in [1.82, 2.24) is 0 Å². The summed E-state index contributed by atoms with van der Waals surface area (Å²) in [4.78, 5) is 0. The molecule has 1 atom stereocenters. The Balaban J connectivity index is 2.19. The van der Waals surface area contributed by atoms with Crippen LogP contribution in [-0.2, 0) is 6.42 Å². The number of rotatable bonds is 4. The Morgan fingerprint density at radius 2 is 2.35 bits per heavy atom. The van der Waals surface area contributed by atoms with Crippen molar-refractivity contribution in [1.29, 1.82) is 0 Å². The summed E-state index contributed by atoms with van der Waals surface area (Å²) in [6.45, 7) is 3.58. The number of hydrogen-bond donors (Lipinski definition) is 3. The van der Waals surface area contributed by atoms with E-state index in [1.54, 1.807) is 0 Å². The minimum Gasteiger partial charge on any atom is -0.390 e. The highest BCUT2D eigenvalue weighted by Gasteiger charge is 2.15. The van der Waals surface area contributed by atoms with Gasteiger partial charge in [0.2, 0.25) is 0 Å². The standard InChI is InChI=1S/C13H19ClN2O/c1-9-4-5-10-3-2-6-15-13(10)12(9)16-8-11(17)7-14/h4-5,11,15-17H,2-3,6-8H2,1H3. The Morgan fingerprint density at radius 3 is 3.12 bits per heavy atom. The summed E-state index contributed by atoms with van der Waals surface area (Å²) in [5.41, 5.74) is 4.84. The van der Waals surface area contributed by atoms with E-state index in [-0.39, 0.29) is 5.88 Å².